The van der Waals surface area contributed by atoms with Gasteiger partial charge in [0, 0.05) is 0 Å². The van der Waals surface area contributed by atoms with E-state index in [-0.39, 0.29) is 0 Å². The van der Waals surface area contributed by atoms with E-state index < -0.39 is 33.8 Å². The molecule has 0 atom stereocenters. The first kappa shape index (κ1) is 27.2. The molecule has 0 N–H and O–H groups in total. The average molecular weight is 447 g/mol. The molecule has 0 aromatic heterocycles. The second-order valence-corrected chi connectivity index (χ2v) is 24.3. The van der Waals surface area contributed by atoms with Gasteiger partial charge in [-0.3, -0.25) is 0 Å². The minimum absolute atomic E-state index is 0.977. The Morgan fingerprint density at radius 1 is 0.481 bits per heavy atom. The normalized spacial score (nSPS) is 13.6. The molecule has 7 heteroatoms. The van der Waals surface area contributed by atoms with Crippen molar-refractivity contribution in [3.05, 3.63) is 24.6 Å². The van der Waals surface area contributed by atoms with Crippen LogP contribution in [0.2, 0.25) is 48.4 Å². The Hall–Kier alpha value is 0.228. The first-order valence-electron chi connectivity index (χ1n) is 11.1. The Morgan fingerprint density at radius 3 is 0.889 bits per heavy atom. The SMILES string of the molecule is C=C[Si](CC)(CC)O[Si](CC)(CC)O[Si](CC)(CC)O[Si](C=C)(CC)CC. The molecule has 0 aliphatic carbocycles. The van der Waals surface area contributed by atoms with Gasteiger partial charge in [-0.25, -0.2) is 0 Å². The summed E-state index contributed by atoms with van der Waals surface area (Å²) in [5.74, 6) is 0. The van der Waals surface area contributed by atoms with Crippen molar-refractivity contribution in [1.29, 1.82) is 0 Å². The molecule has 0 aromatic carbocycles. The van der Waals surface area contributed by atoms with E-state index in [0.717, 1.165) is 48.4 Å². The Balaban J connectivity index is 6.00. The van der Waals surface area contributed by atoms with E-state index in [1.807, 2.05) is 0 Å². The van der Waals surface area contributed by atoms with Gasteiger partial charge in [0.1, 0.15) is 0 Å². The van der Waals surface area contributed by atoms with E-state index in [1.54, 1.807) is 0 Å². The zero-order chi connectivity index (χ0) is 21.2. The highest BCUT2D eigenvalue weighted by Gasteiger charge is 2.51. The van der Waals surface area contributed by atoms with Crippen molar-refractivity contribution in [2.75, 3.05) is 0 Å². The first-order chi connectivity index (χ1) is 12.7. The number of rotatable bonds is 16. The molecule has 0 aliphatic heterocycles. The van der Waals surface area contributed by atoms with Gasteiger partial charge in [0.15, 0.2) is 0 Å². The summed E-state index contributed by atoms with van der Waals surface area (Å²) < 4.78 is 21.2. The number of hydrogen-bond acceptors (Lipinski definition) is 3. The van der Waals surface area contributed by atoms with Crippen molar-refractivity contribution < 1.29 is 12.3 Å². The summed E-state index contributed by atoms with van der Waals surface area (Å²) in [5, 5.41) is 0. The van der Waals surface area contributed by atoms with Crippen molar-refractivity contribution in [3.63, 3.8) is 0 Å². The number of hydrogen-bond donors (Lipinski definition) is 0. The summed E-state index contributed by atoms with van der Waals surface area (Å²) in [7, 11) is -8.57. The van der Waals surface area contributed by atoms with E-state index in [9.17, 15) is 0 Å². The summed E-state index contributed by atoms with van der Waals surface area (Å²) in [6.07, 6.45) is 0. The zero-order valence-corrected chi connectivity index (χ0v) is 23.5. The standard InChI is InChI=1S/C20H46O3Si4/c1-11-24(12-2,13-3)21-26(17-7,18-8)23-27(19-9,20-10)22-25(14-4,15-5)16-6/h11,14H,1,4,12-13,15-20H2,2-3,5-10H3. The van der Waals surface area contributed by atoms with Gasteiger partial charge in [0.2, 0.25) is 16.6 Å². The lowest BCUT2D eigenvalue weighted by molar-refractivity contribution is 0.305. The molecule has 160 valence electrons. The van der Waals surface area contributed by atoms with Crippen molar-refractivity contribution in [2.45, 2.75) is 104 Å². The van der Waals surface area contributed by atoms with Gasteiger partial charge >= 0.3 is 17.1 Å². The van der Waals surface area contributed by atoms with Gasteiger partial charge in [-0.05, 0) is 48.4 Å². The zero-order valence-electron chi connectivity index (χ0n) is 19.5. The maximum Gasteiger partial charge on any atom is 0.318 e. The Bertz CT molecular complexity index is 401. The van der Waals surface area contributed by atoms with Gasteiger partial charge in [-0.2, -0.15) is 0 Å². The van der Waals surface area contributed by atoms with E-state index in [2.05, 4.69) is 79.9 Å². The molecule has 0 radical (unpaired) electrons. The lowest BCUT2D eigenvalue weighted by Crippen LogP contribution is -2.61. The third-order valence-electron chi connectivity index (χ3n) is 6.44. The van der Waals surface area contributed by atoms with Crippen LogP contribution in [0.25, 0.3) is 0 Å². The van der Waals surface area contributed by atoms with E-state index in [4.69, 9.17) is 12.3 Å². The summed E-state index contributed by atoms with van der Waals surface area (Å²) in [6, 6.07) is 8.16. The molecule has 0 heterocycles. The van der Waals surface area contributed by atoms with Crippen LogP contribution in [0.1, 0.15) is 55.4 Å². The lowest BCUT2D eigenvalue weighted by atomic mass is 10.9. The van der Waals surface area contributed by atoms with Crippen LogP contribution in [0.4, 0.5) is 0 Å². The van der Waals surface area contributed by atoms with E-state index in [0.29, 0.717) is 0 Å². The van der Waals surface area contributed by atoms with Crippen molar-refractivity contribution in [3.8, 4) is 0 Å². The summed E-state index contributed by atoms with van der Waals surface area (Å²) in [5.41, 5.74) is 4.26. The molecule has 0 amide bonds. The summed E-state index contributed by atoms with van der Waals surface area (Å²) in [4.78, 5) is 0. The molecule has 27 heavy (non-hydrogen) atoms. The monoisotopic (exact) mass is 446 g/mol. The minimum atomic E-state index is -2.34. The lowest BCUT2D eigenvalue weighted by Gasteiger charge is -2.46. The fourth-order valence-electron chi connectivity index (χ4n) is 3.65. The minimum Gasteiger partial charge on any atom is -0.432 e. The second-order valence-electron chi connectivity index (χ2n) is 7.49. The Kier molecular flexibility index (Phi) is 12.1. The molecular formula is C20H46O3Si4. The van der Waals surface area contributed by atoms with Gasteiger partial charge in [-0.1, -0.05) is 66.8 Å². The molecular weight excluding hydrogens is 401 g/mol. The van der Waals surface area contributed by atoms with Crippen LogP contribution >= 0.6 is 0 Å². The van der Waals surface area contributed by atoms with Crippen LogP contribution in [0, 0.1) is 0 Å². The molecule has 0 aliphatic rings. The highest BCUT2D eigenvalue weighted by atomic mass is 28.5. The maximum absolute atomic E-state index is 7.15. The topological polar surface area (TPSA) is 27.7 Å². The predicted molar refractivity (Wildman–Crippen MR) is 131 cm³/mol. The van der Waals surface area contributed by atoms with Gasteiger partial charge < -0.3 is 12.3 Å². The van der Waals surface area contributed by atoms with Crippen LogP contribution in [0.5, 0.6) is 0 Å². The van der Waals surface area contributed by atoms with Crippen LogP contribution < -0.4 is 0 Å². The molecule has 0 fully saturated rings. The van der Waals surface area contributed by atoms with Gasteiger partial charge in [0.25, 0.3) is 0 Å². The van der Waals surface area contributed by atoms with E-state index in [1.165, 1.54) is 0 Å². The molecule has 0 saturated carbocycles. The molecule has 0 unspecified atom stereocenters. The van der Waals surface area contributed by atoms with Crippen LogP contribution in [-0.4, -0.2) is 33.8 Å². The van der Waals surface area contributed by atoms with E-state index >= 15 is 0 Å². The smallest absolute Gasteiger partial charge is 0.318 e. The highest BCUT2D eigenvalue weighted by Crippen LogP contribution is 2.36. The predicted octanol–water partition coefficient (Wildman–Crippen LogP) is 7.42. The third kappa shape index (κ3) is 6.62. The van der Waals surface area contributed by atoms with Crippen molar-refractivity contribution in [1.82, 2.24) is 0 Å². The first-order valence-corrected chi connectivity index (χ1v) is 20.4. The largest absolute Gasteiger partial charge is 0.432 e. The van der Waals surface area contributed by atoms with Gasteiger partial charge in [-0.15, -0.1) is 13.2 Å². The maximum atomic E-state index is 7.15. The molecule has 0 saturated heterocycles. The molecule has 0 aromatic rings. The van der Waals surface area contributed by atoms with Gasteiger partial charge in [0.05, 0.1) is 0 Å². The summed E-state index contributed by atoms with van der Waals surface area (Å²) in [6.45, 7) is 26.2. The fourth-order valence-corrected chi connectivity index (χ4v) is 24.1. The Morgan fingerprint density at radius 2 is 0.741 bits per heavy atom. The molecule has 0 rings (SSSR count). The van der Waals surface area contributed by atoms with Crippen molar-refractivity contribution in [2.24, 2.45) is 0 Å². The van der Waals surface area contributed by atoms with Crippen LogP contribution in [0.15, 0.2) is 24.6 Å². The fraction of sp³-hybridized carbons (Fsp3) is 0.800. The quantitative estimate of drug-likeness (QED) is 0.231. The second kappa shape index (κ2) is 12.0. The molecule has 0 bridgehead atoms. The third-order valence-corrected chi connectivity index (χ3v) is 26.2. The molecule has 3 nitrogen and oxygen atoms in total. The van der Waals surface area contributed by atoms with Crippen molar-refractivity contribution >= 4 is 33.8 Å². The van der Waals surface area contributed by atoms with Crippen LogP contribution in [-0.2, 0) is 12.3 Å². The average Bonchev–Trinajstić information content (AvgIpc) is 2.74. The highest BCUT2D eigenvalue weighted by molar-refractivity contribution is 6.93. The summed E-state index contributed by atoms with van der Waals surface area (Å²) >= 11 is 0. The molecule has 0 spiro atoms. The Labute approximate surface area is 174 Å². The van der Waals surface area contributed by atoms with Crippen LogP contribution in [0.3, 0.4) is 0 Å².